The second-order valence-electron chi connectivity index (χ2n) is 6.58. The predicted molar refractivity (Wildman–Crippen MR) is 118 cm³/mol. The first kappa shape index (κ1) is 23.0. The maximum absolute atomic E-state index is 13.4. The molecule has 0 spiro atoms. The number of ether oxygens (including phenoxy) is 2. The highest BCUT2D eigenvalue weighted by Gasteiger charge is 2.28. The van der Waals surface area contributed by atoms with Gasteiger partial charge >= 0.3 is 0 Å². The first-order chi connectivity index (χ1) is 15.4. The van der Waals surface area contributed by atoms with Gasteiger partial charge in [0.15, 0.2) is 11.5 Å². The zero-order valence-corrected chi connectivity index (χ0v) is 18.4. The predicted octanol–water partition coefficient (Wildman–Crippen LogP) is 2.64. The molecule has 1 heterocycles. The monoisotopic (exact) mass is 457 g/mol. The Morgan fingerprint density at radius 2 is 1.81 bits per heavy atom. The zero-order valence-electron chi connectivity index (χ0n) is 17.6. The molecule has 0 aliphatic heterocycles. The van der Waals surface area contributed by atoms with Crippen LogP contribution in [0, 0.1) is 0 Å². The fourth-order valence-corrected chi connectivity index (χ4v) is 4.27. The molecule has 0 saturated heterocycles. The number of carbonyl (C=O) groups is 1. The summed E-state index contributed by atoms with van der Waals surface area (Å²) in [7, 11) is -1.18. The van der Waals surface area contributed by atoms with Crippen molar-refractivity contribution in [2.45, 2.75) is 11.4 Å². The molecule has 168 valence electrons. The lowest BCUT2D eigenvalue weighted by Crippen LogP contribution is -2.39. The molecule has 2 aromatic carbocycles. The van der Waals surface area contributed by atoms with Crippen LogP contribution in [-0.4, -0.2) is 45.6 Å². The Bertz CT molecular complexity index is 1160. The number of hydrazone groups is 1. The minimum atomic E-state index is -4.05. The molecule has 0 aliphatic carbocycles. The highest BCUT2D eigenvalue weighted by Crippen LogP contribution is 2.31. The average Bonchev–Trinajstić information content (AvgIpc) is 3.32. The van der Waals surface area contributed by atoms with Gasteiger partial charge in [-0.05, 0) is 29.8 Å². The molecule has 0 aliphatic rings. The van der Waals surface area contributed by atoms with Gasteiger partial charge in [-0.2, -0.15) is 9.41 Å². The quantitative estimate of drug-likeness (QED) is 0.370. The molecule has 0 fully saturated rings. The lowest BCUT2D eigenvalue weighted by atomic mass is 10.2. The first-order valence-corrected chi connectivity index (χ1v) is 11.0. The number of amides is 1. The number of hydrogen-bond acceptors (Lipinski definition) is 7. The summed E-state index contributed by atoms with van der Waals surface area (Å²) in [6.07, 6.45) is 2.79. The highest BCUT2D eigenvalue weighted by molar-refractivity contribution is 7.89. The summed E-state index contributed by atoms with van der Waals surface area (Å²) < 4.78 is 43.4. The summed E-state index contributed by atoms with van der Waals surface area (Å²) in [6.45, 7) is -0.450. The van der Waals surface area contributed by atoms with Crippen molar-refractivity contribution in [2.24, 2.45) is 5.10 Å². The Kier molecular flexibility index (Phi) is 7.63. The summed E-state index contributed by atoms with van der Waals surface area (Å²) in [6, 6.07) is 16.6. The van der Waals surface area contributed by atoms with Crippen molar-refractivity contribution in [1.82, 2.24) is 9.73 Å². The second kappa shape index (κ2) is 10.6. The van der Waals surface area contributed by atoms with Crippen molar-refractivity contribution in [1.29, 1.82) is 0 Å². The summed E-state index contributed by atoms with van der Waals surface area (Å²) >= 11 is 0. The minimum Gasteiger partial charge on any atom is -0.493 e. The number of hydrogen-bond donors (Lipinski definition) is 1. The van der Waals surface area contributed by atoms with Gasteiger partial charge in [-0.1, -0.05) is 30.3 Å². The Labute approximate surface area is 186 Å². The third-order valence-electron chi connectivity index (χ3n) is 4.44. The Balaban J connectivity index is 1.85. The van der Waals surface area contributed by atoms with Crippen LogP contribution in [0.1, 0.15) is 11.3 Å². The van der Waals surface area contributed by atoms with Crippen LogP contribution < -0.4 is 14.9 Å². The van der Waals surface area contributed by atoms with Gasteiger partial charge in [0.05, 0.1) is 38.1 Å². The molecule has 0 radical (unpaired) electrons. The fourth-order valence-electron chi connectivity index (χ4n) is 2.87. The third-order valence-corrected chi connectivity index (χ3v) is 6.23. The number of rotatable bonds is 10. The van der Waals surface area contributed by atoms with Crippen molar-refractivity contribution >= 4 is 22.1 Å². The van der Waals surface area contributed by atoms with E-state index in [1.807, 2.05) is 6.07 Å². The Hall–Kier alpha value is -3.63. The molecule has 3 aromatic rings. The highest BCUT2D eigenvalue weighted by atomic mass is 32.2. The maximum Gasteiger partial charge on any atom is 0.255 e. The summed E-state index contributed by atoms with van der Waals surface area (Å²) in [5.41, 5.74) is 3.05. The van der Waals surface area contributed by atoms with Crippen LogP contribution in [-0.2, 0) is 21.4 Å². The normalized spacial score (nSPS) is 11.6. The lowest BCUT2D eigenvalue weighted by Gasteiger charge is -2.22. The molecule has 0 unspecified atom stereocenters. The topological polar surface area (TPSA) is 110 Å². The minimum absolute atomic E-state index is 0.00711. The number of nitrogens with zero attached hydrogens (tertiary/aromatic N) is 2. The average molecular weight is 458 g/mol. The summed E-state index contributed by atoms with van der Waals surface area (Å²) in [5.74, 6) is 0.504. The van der Waals surface area contributed by atoms with Crippen LogP contribution in [0.4, 0.5) is 0 Å². The molecule has 9 nitrogen and oxygen atoms in total. The molecule has 10 heteroatoms. The van der Waals surface area contributed by atoms with E-state index in [0.29, 0.717) is 11.5 Å². The van der Waals surface area contributed by atoms with Gasteiger partial charge in [-0.3, -0.25) is 4.79 Å². The third kappa shape index (κ3) is 5.74. The Morgan fingerprint density at radius 1 is 1.06 bits per heavy atom. The van der Waals surface area contributed by atoms with Crippen molar-refractivity contribution in [2.75, 3.05) is 20.8 Å². The van der Waals surface area contributed by atoms with E-state index in [9.17, 15) is 13.2 Å². The summed E-state index contributed by atoms with van der Waals surface area (Å²) in [5, 5.41) is 3.80. The molecule has 0 bridgehead atoms. The van der Waals surface area contributed by atoms with Crippen LogP contribution in [0.3, 0.4) is 0 Å². The molecule has 32 heavy (non-hydrogen) atoms. The fraction of sp³-hybridized carbons (Fsp3) is 0.182. The second-order valence-corrected chi connectivity index (χ2v) is 8.52. The number of benzene rings is 2. The van der Waals surface area contributed by atoms with E-state index in [1.165, 1.54) is 44.9 Å². The number of furan rings is 1. The van der Waals surface area contributed by atoms with Gasteiger partial charge in [-0.15, -0.1) is 0 Å². The molecule has 0 saturated carbocycles. The van der Waals surface area contributed by atoms with Crippen molar-refractivity contribution in [3.63, 3.8) is 0 Å². The number of nitrogens with one attached hydrogen (secondary N) is 1. The van der Waals surface area contributed by atoms with E-state index in [-0.39, 0.29) is 17.2 Å². The zero-order chi connectivity index (χ0) is 23.0. The van der Waals surface area contributed by atoms with Crippen LogP contribution in [0.5, 0.6) is 11.5 Å². The van der Waals surface area contributed by atoms with Gasteiger partial charge in [0.25, 0.3) is 5.91 Å². The number of sulfonamides is 1. The molecule has 1 amide bonds. The van der Waals surface area contributed by atoms with Crippen LogP contribution in [0.15, 0.2) is 81.3 Å². The molecular weight excluding hydrogens is 434 g/mol. The van der Waals surface area contributed by atoms with Crippen LogP contribution >= 0.6 is 0 Å². The molecule has 1 N–H and O–H groups in total. The SMILES string of the molecule is COc1ccc(S(=O)(=O)N(CC(=O)N/N=C\c2ccco2)Cc2ccccc2)cc1OC. The van der Waals surface area contributed by atoms with E-state index < -0.39 is 22.5 Å². The van der Waals surface area contributed by atoms with Gasteiger partial charge in [0, 0.05) is 12.6 Å². The van der Waals surface area contributed by atoms with E-state index in [0.717, 1.165) is 9.87 Å². The van der Waals surface area contributed by atoms with E-state index in [4.69, 9.17) is 13.9 Å². The van der Waals surface area contributed by atoms with Crippen molar-refractivity contribution < 1.29 is 27.1 Å². The molecule has 3 rings (SSSR count). The first-order valence-electron chi connectivity index (χ1n) is 9.55. The van der Waals surface area contributed by atoms with Gasteiger partial charge < -0.3 is 13.9 Å². The number of carbonyl (C=O) groups excluding carboxylic acids is 1. The van der Waals surface area contributed by atoms with Crippen molar-refractivity contribution in [3.8, 4) is 11.5 Å². The molecule has 1 aromatic heterocycles. The van der Waals surface area contributed by atoms with Gasteiger partial charge in [-0.25, -0.2) is 13.8 Å². The van der Waals surface area contributed by atoms with Crippen LogP contribution in [0.2, 0.25) is 0 Å². The van der Waals surface area contributed by atoms with Gasteiger partial charge in [0.1, 0.15) is 5.76 Å². The maximum atomic E-state index is 13.4. The van der Waals surface area contributed by atoms with Crippen molar-refractivity contribution in [3.05, 3.63) is 78.3 Å². The van der Waals surface area contributed by atoms with E-state index in [2.05, 4.69) is 10.5 Å². The van der Waals surface area contributed by atoms with E-state index >= 15 is 0 Å². The largest absolute Gasteiger partial charge is 0.493 e. The van der Waals surface area contributed by atoms with E-state index in [1.54, 1.807) is 36.4 Å². The smallest absolute Gasteiger partial charge is 0.255 e. The Morgan fingerprint density at radius 3 is 2.47 bits per heavy atom. The molecular formula is C22H23N3O6S. The number of methoxy groups -OCH3 is 2. The summed E-state index contributed by atoms with van der Waals surface area (Å²) in [4.78, 5) is 12.4. The van der Waals surface area contributed by atoms with Crippen LogP contribution in [0.25, 0.3) is 0 Å². The standard InChI is InChI=1S/C22H23N3O6S/c1-29-20-11-10-19(13-21(20)30-2)32(27,28)25(15-17-7-4-3-5-8-17)16-22(26)24-23-14-18-9-6-12-31-18/h3-14H,15-16H2,1-2H3,(H,24,26)/b23-14-. The lowest BCUT2D eigenvalue weighted by molar-refractivity contribution is -0.121. The van der Waals surface area contributed by atoms with Gasteiger partial charge in [0.2, 0.25) is 10.0 Å². The molecule has 0 atom stereocenters.